The highest BCUT2D eigenvalue weighted by Gasteiger charge is 2.25. The Hall–Kier alpha value is -4.01. The van der Waals surface area contributed by atoms with E-state index < -0.39 is 7.14 Å². The fourth-order valence-corrected chi connectivity index (χ4v) is 6.93. The first kappa shape index (κ1) is 25.3. The lowest BCUT2D eigenvalue weighted by Crippen LogP contribution is -2.21. The van der Waals surface area contributed by atoms with Gasteiger partial charge >= 0.3 is 0 Å². The topological polar surface area (TPSA) is 47.8 Å². The van der Waals surface area contributed by atoms with Gasteiger partial charge in [-0.05, 0) is 83.7 Å². The number of benzene rings is 3. The molecule has 4 nitrogen and oxygen atoms in total. The van der Waals surface area contributed by atoms with Gasteiger partial charge in [-0.3, -0.25) is 9.55 Å². The van der Waals surface area contributed by atoms with Gasteiger partial charge in [-0.2, -0.15) is 0 Å². The molecule has 0 amide bonds. The minimum atomic E-state index is -2.90. The first-order valence-corrected chi connectivity index (χ1v) is 15.4. The summed E-state index contributed by atoms with van der Waals surface area (Å²) in [6, 6.07) is 31.3. The van der Waals surface area contributed by atoms with Crippen LogP contribution in [0.15, 0.2) is 103 Å². The van der Waals surface area contributed by atoms with E-state index in [-0.39, 0.29) is 5.41 Å². The SMILES string of the molecule is Cc1ccnc(-n2c3ccccc3c3ccc(-c4cccc(P(C)(=O)c5cc(C(C)(C)C)ccn5)c4)cc32)c1. The molecule has 194 valence electrons. The summed E-state index contributed by atoms with van der Waals surface area (Å²) in [5.74, 6) is 0.898. The van der Waals surface area contributed by atoms with Crippen LogP contribution in [0.2, 0.25) is 0 Å². The smallest absolute Gasteiger partial charge is 0.157 e. The third-order valence-electron chi connectivity index (χ3n) is 7.52. The zero-order valence-corrected chi connectivity index (χ0v) is 23.9. The van der Waals surface area contributed by atoms with E-state index in [9.17, 15) is 4.57 Å². The molecule has 6 rings (SSSR count). The summed E-state index contributed by atoms with van der Waals surface area (Å²) in [6.45, 7) is 10.4. The third-order valence-corrected chi connectivity index (χ3v) is 9.91. The highest BCUT2D eigenvalue weighted by Crippen LogP contribution is 2.40. The lowest BCUT2D eigenvalue weighted by atomic mass is 9.88. The number of para-hydroxylation sites is 1. The van der Waals surface area contributed by atoms with Crippen molar-refractivity contribution in [1.29, 1.82) is 0 Å². The van der Waals surface area contributed by atoms with Crippen molar-refractivity contribution in [2.75, 3.05) is 6.66 Å². The second-order valence-electron chi connectivity index (χ2n) is 11.4. The van der Waals surface area contributed by atoms with Crippen molar-refractivity contribution in [3.05, 3.63) is 115 Å². The number of aromatic nitrogens is 3. The number of aryl methyl sites for hydroxylation is 1. The van der Waals surface area contributed by atoms with Crippen molar-refractivity contribution >= 4 is 39.7 Å². The zero-order chi connectivity index (χ0) is 27.4. The van der Waals surface area contributed by atoms with Crippen LogP contribution in [0.25, 0.3) is 38.8 Å². The Morgan fingerprint density at radius 2 is 1.46 bits per heavy atom. The van der Waals surface area contributed by atoms with Crippen LogP contribution in [0.4, 0.5) is 0 Å². The van der Waals surface area contributed by atoms with Crippen molar-refractivity contribution in [2.45, 2.75) is 33.1 Å². The van der Waals surface area contributed by atoms with Crippen LogP contribution in [-0.2, 0) is 9.98 Å². The van der Waals surface area contributed by atoms with Crippen LogP contribution in [0.3, 0.4) is 0 Å². The van der Waals surface area contributed by atoms with Crippen molar-refractivity contribution in [1.82, 2.24) is 14.5 Å². The molecule has 0 aliphatic carbocycles. The molecular formula is C34H32N3OP. The molecule has 3 heterocycles. The summed E-state index contributed by atoms with van der Waals surface area (Å²) in [7, 11) is -2.90. The fourth-order valence-electron chi connectivity index (χ4n) is 5.24. The molecule has 39 heavy (non-hydrogen) atoms. The summed E-state index contributed by atoms with van der Waals surface area (Å²) >= 11 is 0. The van der Waals surface area contributed by atoms with Gasteiger partial charge in [-0.15, -0.1) is 0 Å². The Morgan fingerprint density at radius 1 is 0.718 bits per heavy atom. The highest BCUT2D eigenvalue weighted by atomic mass is 31.2. The molecule has 0 bridgehead atoms. The van der Waals surface area contributed by atoms with Gasteiger partial charge in [0.25, 0.3) is 0 Å². The molecule has 6 aromatic rings. The number of fused-ring (bicyclic) bond motifs is 3. The largest absolute Gasteiger partial charge is 0.312 e. The van der Waals surface area contributed by atoms with Gasteiger partial charge in [0.2, 0.25) is 0 Å². The maximum absolute atomic E-state index is 14.2. The number of rotatable bonds is 4. The minimum Gasteiger partial charge on any atom is -0.312 e. The Kier molecular flexibility index (Phi) is 6.04. The van der Waals surface area contributed by atoms with Crippen molar-refractivity contribution in [3.63, 3.8) is 0 Å². The Bertz CT molecular complexity index is 1910. The summed E-state index contributed by atoms with van der Waals surface area (Å²) in [4.78, 5) is 9.26. The van der Waals surface area contributed by atoms with Gasteiger partial charge in [0.05, 0.1) is 11.0 Å². The van der Waals surface area contributed by atoms with Gasteiger partial charge in [-0.25, -0.2) is 4.98 Å². The molecule has 0 saturated heterocycles. The second-order valence-corrected chi connectivity index (χ2v) is 14.2. The average molecular weight is 530 g/mol. The number of hydrogen-bond acceptors (Lipinski definition) is 3. The summed E-state index contributed by atoms with van der Waals surface area (Å²) < 4.78 is 16.4. The minimum absolute atomic E-state index is 0.0421. The van der Waals surface area contributed by atoms with Gasteiger partial charge < -0.3 is 4.57 Å². The monoisotopic (exact) mass is 529 g/mol. The normalized spacial score (nSPS) is 13.6. The van der Waals surface area contributed by atoms with E-state index in [1.54, 1.807) is 6.20 Å². The average Bonchev–Trinajstić information content (AvgIpc) is 3.26. The van der Waals surface area contributed by atoms with Gasteiger partial charge in [0.15, 0.2) is 7.14 Å². The van der Waals surface area contributed by atoms with Crippen molar-refractivity contribution < 1.29 is 4.57 Å². The van der Waals surface area contributed by atoms with E-state index in [0.29, 0.717) is 5.44 Å². The zero-order valence-electron chi connectivity index (χ0n) is 23.0. The molecule has 0 N–H and O–H groups in total. The summed E-state index contributed by atoms with van der Waals surface area (Å²) in [5.41, 5.74) is 7.21. The van der Waals surface area contributed by atoms with Crippen LogP contribution in [-0.4, -0.2) is 21.2 Å². The maximum Gasteiger partial charge on any atom is 0.157 e. The lowest BCUT2D eigenvalue weighted by molar-refractivity contribution is 0.586. The first-order valence-electron chi connectivity index (χ1n) is 13.2. The van der Waals surface area contributed by atoms with Crippen molar-refractivity contribution in [2.24, 2.45) is 0 Å². The van der Waals surface area contributed by atoms with Gasteiger partial charge in [0, 0.05) is 28.5 Å². The lowest BCUT2D eigenvalue weighted by Gasteiger charge is -2.21. The van der Waals surface area contributed by atoms with E-state index in [1.165, 1.54) is 10.8 Å². The number of pyridine rings is 2. The first-order chi connectivity index (χ1) is 18.6. The van der Waals surface area contributed by atoms with Gasteiger partial charge in [0.1, 0.15) is 11.3 Å². The molecule has 0 aliphatic heterocycles. The standard InChI is InChI=1S/C34H32N3OP/c1-23-15-17-35-32(19-23)37-30-12-7-6-11-28(30)29-14-13-25(21-31(29)37)24-9-8-10-27(20-24)39(5,38)33-22-26(16-18-36-33)34(2,3)4/h6-22H,1-5H3. The van der Waals surface area contributed by atoms with Crippen molar-refractivity contribution in [3.8, 4) is 16.9 Å². The Labute approximate surface area is 229 Å². The molecule has 0 saturated carbocycles. The quantitative estimate of drug-likeness (QED) is 0.219. The maximum atomic E-state index is 14.2. The molecule has 1 unspecified atom stereocenters. The second kappa shape index (κ2) is 9.32. The van der Waals surface area contributed by atoms with E-state index in [1.807, 2.05) is 43.2 Å². The molecule has 0 radical (unpaired) electrons. The molecular weight excluding hydrogens is 497 g/mol. The fraction of sp³-hybridized carbons (Fsp3) is 0.176. The van der Waals surface area contributed by atoms with Gasteiger partial charge in [-0.1, -0.05) is 69.3 Å². The summed E-state index contributed by atoms with van der Waals surface area (Å²) in [5, 5.41) is 3.18. The van der Waals surface area contributed by atoms with Crippen LogP contribution in [0, 0.1) is 6.92 Å². The Balaban J connectivity index is 1.50. The third kappa shape index (κ3) is 4.49. The van der Waals surface area contributed by atoms with E-state index in [2.05, 4.69) is 97.9 Å². The van der Waals surface area contributed by atoms with Crippen LogP contribution in [0.5, 0.6) is 0 Å². The summed E-state index contributed by atoms with van der Waals surface area (Å²) in [6.07, 6.45) is 3.64. The Morgan fingerprint density at radius 3 is 2.26 bits per heavy atom. The number of hydrogen-bond donors (Lipinski definition) is 0. The molecule has 5 heteroatoms. The van der Waals surface area contributed by atoms with Crippen LogP contribution >= 0.6 is 7.14 Å². The molecule has 0 fully saturated rings. The molecule has 0 spiro atoms. The molecule has 1 atom stereocenters. The highest BCUT2D eigenvalue weighted by molar-refractivity contribution is 7.77. The molecule has 3 aromatic heterocycles. The van der Waals surface area contributed by atoms with E-state index in [0.717, 1.165) is 44.4 Å². The van der Waals surface area contributed by atoms with Crippen LogP contribution in [0.1, 0.15) is 31.9 Å². The number of nitrogens with zero attached hydrogens (tertiary/aromatic N) is 3. The molecule has 3 aromatic carbocycles. The van der Waals surface area contributed by atoms with E-state index in [4.69, 9.17) is 4.98 Å². The predicted octanol–water partition coefficient (Wildman–Crippen LogP) is 7.79. The predicted molar refractivity (Wildman–Crippen MR) is 164 cm³/mol. The van der Waals surface area contributed by atoms with Crippen LogP contribution < -0.4 is 10.7 Å². The molecule has 0 aliphatic rings. The van der Waals surface area contributed by atoms with E-state index >= 15 is 0 Å².